The molecule has 1 aliphatic heterocycles. The van der Waals surface area contributed by atoms with Gasteiger partial charge in [0.25, 0.3) is 5.91 Å². The third-order valence-electron chi connectivity index (χ3n) is 4.22. The summed E-state index contributed by atoms with van der Waals surface area (Å²) < 4.78 is 1.95. The molecule has 1 saturated carbocycles. The van der Waals surface area contributed by atoms with Crippen LogP contribution in [0.1, 0.15) is 35.7 Å². The lowest BCUT2D eigenvalue weighted by atomic mass is 10.0. The highest BCUT2D eigenvalue weighted by atomic mass is 16.2. The quantitative estimate of drug-likeness (QED) is 0.842. The monoisotopic (exact) mass is 278 g/mol. The Balaban J connectivity index is 1.78. The molecule has 0 radical (unpaired) electrons. The number of amides is 1. The maximum Gasteiger partial charge on any atom is 0.250 e. The number of nitriles is 1. The molecule has 4 rings (SSSR count). The van der Waals surface area contributed by atoms with Crippen molar-refractivity contribution in [2.75, 3.05) is 0 Å². The molecule has 0 saturated heterocycles. The van der Waals surface area contributed by atoms with Crippen molar-refractivity contribution in [1.82, 2.24) is 14.5 Å². The molecule has 0 spiro atoms. The highest BCUT2D eigenvalue weighted by Gasteiger charge is 2.41. The second-order valence-corrected chi connectivity index (χ2v) is 5.63. The molecule has 2 aromatic rings. The fourth-order valence-corrected chi connectivity index (χ4v) is 2.95. The summed E-state index contributed by atoms with van der Waals surface area (Å²) in [5.74, 6) is 0.132. The topological polar surface area (TPSA) is 61.9 Å². The van der Waals surface area contributed by atoms with Gasteiger partial charge in [0.05, 0.1) is 30.2 Å². The molecule has 2 heterocycles. The van der Waals surface area contributed by atoms with Crippen molar-refractivity contribution in [2.24, 2.45) is 0 Å². The number of fused-ring (bicyclic) bond motifs is 1. The van der Waals surface area contributed by atoms with E-state index in [1.165, 1.54) is 0 Å². The summed E-state index contributed by atoms with van der Waals surface area (Å²) in [6.45, 7) is 0.649. The van der Waals surface area contributed by atoms with Gasteiger partial charge in [0, 0.05) is 12.2 Å². The number of carbonyl (C=O) groups excluding carboxylic acids is 1. The molecule has 2 aliphatic rings. The van der Waals surface area contributed by atoms with E-state index in [0.717, 1.165) is 24.1 Å². The molecule has 5 heteroatoms. The Morgan fingerprint density at radius 2 is 2.00 bits per heavy atom. The minimum atomic E-state index is -0.357. The summed E-state index contributed by atoms with van der Waals surface area (Å²) in [5, 5.41) is 8.90. The molecule has 0 N–H and O–H groups in total. The van der Waals surface area contributed by atoms with E-state index in [-0.39, 0.29) is 11.9 Å². The van der Waals surface area contributed by atoms with E-state index in [1.807, 2.05) is 27.8 Å². The molecular formula is C16H14N4O. The Hall–Kier alpha value is -2.61. The number of rotatable bonds is 2. The summed E-state index contributed by atoms with van der Waals surface area (Å²) >= 11 is 0. The molecule has 1 amide bonds. The Morgan fingerprint density at radius 3 is 2.67 bits per heavy atom. The third kappa shape index (κ3) is 1.91. The lowest BCUT2D eigenvalue weighted by Crippen LogP contribution is -2.43. The summed E-state index contributed by atoms with van der Waals surface area (Å²) in [6.07, 6.45) is 5.75. The lowest BCUT2D eigenvalue weighted by Gasteiger charge is -2.34. The molecule has 104 valence electrons. The van der Waals surface area contributed by atoms with Gasteiger partial charge in [-0.25, -0.2) is 4.98 Å². The standard InChI is InChI=1S/C16H14N4O/c17-7-11-1-3-12(4-2-11)15-16(21)19(13-5-6-13)9-14-8-18-10-20(14)15/h1-4,8,10,13,15H,5-6,9H2. The van der Waals surface area contributed by atoms with E-state index in [9.17, 15) is 4.79 Å². The molecule has 1 atom stereocenters. The summed E-state index contributed by atoms with van der Waals surface area (Å²) in [6, 6.07) is 9.38. The van der Waals surface area contributed by atoms with Crippen LogP contribution in [0.25, 0.3) is 0 Å². The fraction of sp³-hybridized carbons (Fsp3) is 0.312. The number of hydrogen-bond acceptors (Lipinski definition) is 3. The summed E-state index contributed by atoms with van der Waals surface area (Å²) in [5.41, 5.74) is 2.58. The van der Waals surface area contributed by atoms with Crippen molar-refractivity contribution >= 4 is 5.91 Å². The minimum Gasteiger partial charge on any atom is -0.332 e. The van der Waals surface area contributed by atoms with Gasteiger partial charge < -0.3 is 9.47 Å². The van der Waals surface area contributed by atoms with Gasteiger partial charge in [-0.15, -0.1) is 0 Å². The number of hydrogen-bond donors (Lipinski definition) is 0. The van der Waals surface area contributed by atoms with E-state index < -0.39 is 0 Å². The van der Waals surface area contributed by atoms with Gasteiger partial charge in [-0.05, 0) is 30.5 Å². The predicted molar refractivity (Wildman–Crippen MR) is 75.1 cm³/mol. The maximum atomic E-state index is 12.8. The van der Waals surface area contributed by atoms with Gasteiger partial charge >= 0.3 is 0 Å². The van der Waals surface area contributed by atoms with Crippen LogP contribution in [0.3, 0.4) is 0 Å². The minimum absolute atomic E-state index is 0.132. The average Bonchev–Trinajstić information content (AvgIpc) is 3.25. The number of aromatic nitrogens is 2. The van der Waals surface area contributed by atoms with Gasteiger partial charge in [-0.3, -0.25) is 4.79 Å². The summed E-state index contributed by atoms with van der Waals surface area (Å²) in [7, 11) is 0. The van der Waals surface area contributed by atoms with Crippen LogP contribution >= 0.6 is 0 Å². The second kappa shape index (κ2) is 4.45. The van der Waals surface area contributed by atoms with Crippen LogP contribution in [0.4, 0.5) is 0 Å². The lowest BCUT2D eigenvalue weighted by molar-refractivity contribution is -0.136. The van der Waals surface area contributed by atoms with E-state index in [1.54, 1.807) is 18.5 Å². The average molecular weight is 278 g/mol. The van der Waals surface area contributed by atoms with Gasteiger partial charge in [-0.2, -0.15) is 5.26 Å². The molecular weight excluding hydrogens is 264 g/mol. The van der Waals surface area contributed by atoms with Gasteiger partial charge in [0.1, 0.15) is 6.04 Å². The van der Waals surface area contributed by atoms with E-state index in [2.05, 4.69) is 11.1 Å². The first-order valence-corrected chi connectivity index (χ1v) is 7.09. The Kier molecular flexibility index (Phi) is 2.58. The zero-order valence-electron chi connectivity index (χ0n) is 11.4. The van der Waals surface area contributed by atoms with Gasteiger partial charge in [0.15, 0.2) is 0 Å². The van der Waals surface area contributed by atoms with Crippen LogP contribution in [0.2, 0.25) is 0 Å². The molecule has 0 bridgehead atoms. The molecule has 5 nitrogen and oxygen atoms in total. The van der Waals surface area contributed by atoms with Crippen LogP contribution in [-0.4, -0.2) is 26.4 Å². The predicted octanol–water partition coefficient (Wildman–Crippen LogP) is 1.85. The van der Waals surface area contributed by atoms with Crippen LogP contribution in [0.15, 0.2) is 36.8 Å². The first kappa shape index (κ1) is 12.2. The van der Waals surface area contributed by atoms with E-state index in [4.69, 9.17) is 5.26 Å². The third-order valence-corrected chi connectivity index (χ3v) is 4.22. The van der Waals surface area contributed by atoms with Crippen molar-refractivity contribution in [3.8, 4) is 6.07 Å². The van der Waals surface area contributed by atoms with Gasteiger partial charge in [0.2, 0.25) is 0 Å². The fourth-order valence-electron chi connectivity index (χ4n) is 2.95. The van der Waals surface area contributed by atoms with Crippen LogP contribution in [-0.2, 0) is 11.3 Å². The molecule has 21 heavy (non-hydrogen) atoms. The highest BCUT2D eigenvalue weighted by Crippen LogP contribution is 2.36. The van der Waals surface area contributed by atoms with Crippen molar-refractivity contribution < 1.29 is 4.79 Å². The normalized spacial score (nSPS) is 21.0. The number of benzene rings is 1. The maximum absolute atomic E-state index is 12.8. The summed E-state index contributed by atoms with van der Waals surface area (Å²) in [4.78, 5) is 19.0. The molecule has 1 aromatic carbocycles. The first-order chi connectivity index (χ1) is 10.3. The first-order valence-electron chi connectivity index (χ1n) is 7.09. The van der Waals surface area contributed by atoms with E-state index >= 15 is 0 Å². The van der Waals surface area contributed by atoms with Crippen molar-refractivity contribution in [2.45, 2.75) is 31.5 Å². The van der Waals surface area contributed by atoms with Gasteiger partial charge in [-0.1, -0.05) is 12.1 Å². The van der Waals surface area contributed by atoms with Crippen LogP contribution in [0.5, 0.6) is 0 Å². The number of imidazole rings is 1. The second-order valence-electron chi connectivity index (χ2n) is 5.63. The SMILES string of the molecule is N#Cc1ccc(C2C(=O)N(C3CC3)Cc3cncn32)cc1. The van der Waals surface area contributed by atoms with Crippen molar-refractivity contribution in [1.29, 1.82) is 5.26 Å². The highest BCUT2D eigenvalue weighted by molar-refractivity contribution is 5.85. The smallest absolute Gasteiger partial charge is 0.250 e. The molecule has 1 aliphatic carbocycles. The number of nitrogens with zero attached hydrogens (tertiary/aromatic N) is 4. The zero-order valence-corrected chi connectivity index (χ0v) is 11.4. The van der Waals surface area contributed by atoms with Crippen LogP contribution in [0, 0.1) is 11.3 Å². The molecule has 1 fully saturated rings. The zero-order chi connectivity index (χ0) is 14.4. The van der Waals surface area contributed by atoms with E-state index in [0.29, 0.717) is 18.2 Å². The Morgan fingerprint density at radius 1 is 1.24 bits per heavy atom. The largest absolute Gasteiger partial charge is 0.332 e. The van der Waals surface area contributed by atoms with Crippen molar-refractivity contribution in [3.63, 3.8) is 0 Å². The Labute approximate surface area is 122 Å². The van der Waals surface area contributed by atoms with Crippen molar-refractivity contribution in [3.05, 3.63) is 53.6 Å². The van der Waals surface area contributed by atoms with Crippen LogP contribution < -0.4 is 0 Å². The number of carbonyl (C=O) groups is 1. The Bertz CT molecular complexity index is 736. The molecule has 1 aromatic heterocycles. The molecule has 1 unspecified atom stereocenters.